The van der Waals surface area contributed by atoms with Gasteiger partial charge in [-0.05, 0) is 30.9 Å². The second kappa shape index (κ2) is 12.9. The number of alkyl halides is 1. The Morgan fingerprint density at radius 1 is 1.12 bits per heavy atom. The fourth-order valence-corrected chi connectivity index (χ4v) is 5.59. The van der Waals surface area contributed by atoms with Crippen molar-refractivity contribution >= 4 is 34.5 Å². The molecule has 0 radical (unpaired) electrons. The molecule has 0 unspecified atom stereocenters. The van der Waals surface area contributed by atoms with Crippen LogP contribution in [0.1, 0.15) is 53.2 Å². The molecule has 3 aromatic rings. The van der Waals surface area contributed by atoms with Crippen LogP contribution in [0.15, 0.2) is 47.4 Å². The zero-order chi connectivity index (χ0) is 29.7. The molecule has 3 heterocycles. The van der Waals surface area contributed by atoms with E-state index in [1.807, 2.05) is 34.9 Å². The predicted molar refractivity (Wildman–Crippen MR) is 151 cm³/mol. The van der Waals surface area contributed by atoms with Gasteiger partial charge in [-0.1, -0.05) is 30.3 Å². The van der Waals surface area contributed by atoms with Gasteiger partial charge in [0.25, 0.3) is 5.97 Å². The Morgan fingerprint density at radius 3 is 2.39 bits per heavy atom. The highest BCUT2D eigenvalue weighted by atomic mass is 19.1. The molecule has 0 bridgehead atoms. The molecule has 1 fully saturated rings. The molecule has 218 valence electrons. The van der Waals surface area contributed by atoms with Crippen LogP contribution in [0.2, 0.25) is 0 Å². The number of piperidine rings is 1. The van der Waals surface area contributed by atoms with E-state index in [0.717, 1.165) is 30.2 Å². The minimum Gasteiger partial charge on any atom is -0.481 e. The van der Waals surface area contributed by atoms with Crippen molar-refractivity contribution in [1.82, 2.24) is 4.57 Å². The number of benzene rings is 2. The fraction of sp³-hybridized carbons (Fsp3) is 0.400. The van der Waals surface area contributed by atoms with Gasteiger partial charge >= 0.3 is 11.9 Å². The Balaban J connectivity index is 0.000000909. The Hall–Kier alpha value is -4.25. The smallest absolute Gasteiger partial charge is 0.341 e. The summed E-state index contributed by atoms with van der Waals surface area (Å²) in [6.07, 6.45) is 4.14. The number of ether oxygens (including phenoxy) is 1. The van der Waals surface area contributed by atoms with Crippen molar-refractivity contribution in [3.63, 3.8) is 0 Å². The topological polar surface area (TPSA) is 152 Å². The molecule has 5 rings (SSSR count). The third-order valence-electron chi connectivity index (χ3n) is 7.35. The van der Waals surface area contributed by atoms with Crippen molar-refractivity contribution in [2.24, 2.45) is 5.73 Å². The first-order valence-electron chi connectivity index (χ1n) is 13.6. The average molecular weight is 568 g/mol. The summed E-state index contributed by atoms with van der Waals surface area (Å²) in [4.78, 5) is 48.2. The lowest BCUT2D eigenvalue weighted by Gasteiger charge is -2.37. The molecule has 2 aromatic carbocycles. The number of esters is 1. The molecule has 4 N–H and O–H groups in total. The van der Waals surface area contributed by atoms with Crippen LogP contribution >= 0.6 is 0 Å². The lowest BCUT2D eigenvalue weighted by Crippen LogP contribution is -2.42. The number of aryl methyl sites for hydroxylation is 2. The number of aromatic nitrogens is 1. The lowest BCUT2D eigenvalue weighted by atomic mass is 9.93. The van der Waals surface area contributed by atoms with Gasteiger partial charge in [-0.25, -0.2) is 9.18 Å². The molecule has 1 aromatic heterocycles. The van der Waals surface area contributed by atoms with Crippen LogP contribution < -0.4 is 16.1 Å². The normalized spacial score (nSPS) is 15.5. The average Bonchev–Trinajstić information content (AvgIpc) is 2.95. The molecule has 41 heavy (non-hydrogen) atoms. The third-order valence-corrected chi connectivity index (χ3v) is 7.35. The number of aliphatic carboxylic acids is 1. The quantitative estimate of drug-likeness (QED) is 0.365. The summed E-state index contributed by atoms with van der Waals surface area (Å²) >= 11 is 0. The van der Waals surface area contributed by atoms with Crippen LogP contribution in [0.25, 0.3) is 10.9 Å². The van der Waals surface area contributed by atoms with Crippen LogP contribution in [0.3, 0.4) is 0 Å². The number of aromatic carboxylic acids is 1. The number of nitrogens with two attached hydrogens (primary N) is 1. The number of carboxylic acids is 2. The van der Waals surface area contributed by atoms with Gasteiger partial charge in [-0.2, -0.15) is 0 Å². The molecular weight excluding hydrogens is 533 g/mol. The van der Waals surface area contributed by atoms with Gasteiger partial charge < -0.3 is 30.2 Å². The molecule has 0 saturated carbocycles. The molecule has 0 aliphatic carbocycles. The summed E-state index contributed by atoms with van der Waals surface area (Å²) in [6, 6.07) is 10.3. The van der Waals surface area contributed by atoms with Crippen molar-refractivity contribution in [1.29, 1.82) is 0 Å². The lowest BCUT2D eigenvalue weighted by molar-refractivity contribution is -0.151. The van der Waals surface area contributed by atoms with Crippen LogP contribution in [0, 0.1) is 0 Å². The maximum Gasteiger partial charge on any atom is 0.341 e. The van der Waals surface area contributed by atoms with Crippen molar-refractivity contribution in [3.8, 4) is 0 Å². The summed E-state index contributed by atoms with van der Waals surface area (Å²) in [7, 11) is 0. The highest BCUT2D eigenvalue weighted by molar-refractivity contribution is 5.96. The predicted octanol–water partition coefficient (Wildman–Crippen LogP) is 3.29. The molecule has 2 aliphatic rings. The van der Waals surface area contributed by atoms with Crippen molar-refractivity contribution < 1.29 is 33.7 Å². The van der Waals surface area contributed by atoms with Crippen LogP contribution in [-0.4, -0.2) is 57.9 Å². The number of rotatable bonds is 7. The van der Waals surface area contributed by atoms with E-state index < -0.39 is 36.1 Å². The van der Waals surface area contributed by atoms with Crippen LogP contribution in [-0.2, 0) is 40.4 Å². The second-order valence-electron chi connectivity index (χ2n) is 10.3. The molecule has 11 heteroatoms. The van der Waals surface area contributed by atoms with Gasteiger partial charge in [0.2, 0.25) is 5.43 Å². The molecular formula is C30H34FN3O7. The summed E-state index contributed by atoms with van der Waals surface area (Å²) in [5.41, 5.74) is 8.90. The van der Waals surface area contributed by atoms with E-state index in [4.69, 9.17) is 20.4 Å². The number of hydrogen-bond donors (Lipinski definition) is 3. The monoisotopic (exact) mass is 567 g/mol. The standard InChI is InChI=1S/C28H30FN3O5.C2H4O2/c29-15-18-14-21-25-20(7-4-10-32(25)16-22(26(21)33)27(34)35)24(18)31-11-8-19(9-12-31)37-28(36)23(30)13-17-5-2-1-3-6-17;1-2(3)4/h1-3,5-6,14,16,19,23H,4,7-13,15,30H2,(H,34,35);1H3,(H,3,4)/t23-;/m1./s1. The maximum absolute atomic E-state index is 14.3. The van der Waals surface area contributed by atoms with E-state index in [-0.39, 0.29) is 17.1 Å². The van der Waals surface area contributed by atoms with E-state index in [0.29, 0.717) is 56.4 Å². The largest absolute Gasteiger partial charge is 0.481 e. The van der Waals surface area contributed by atoms with Crippen LogP contribution in [0.4, 0.5) is 10.1 Å². The Bertz CT molecular complexity index is 1490. The number of carbonyl (C=O) groups excluding carboxylic acids is 1. The van der Waals surface area contributed by atoms with Crippen molar-refractivity contribution in [2.75, 3.05) is 18.0 Å². The molecule has 1 saturated heterocycles. The first kappa shape index (κ1) is 29.7. The van der Waals surface area contributed by atoms with E-state index >= 15 is 0 Å². The van der Waals surface area contributed by atoms with Crippen molar-refractivity contribution in [3.05, 3.63) is 75.1 Å². The number of halogens is 1. The van der Waals surface area contributed by atoms with Gasteiger partial charge in [0.15, 0.2) is 0 Å². The van der Waals surface area contributed by atoms with Crippen molar-refractivity contribution in [2.45, 2.75) is 64.4 Å². The third kappa shape index (κ3) is 6.74. The first-order chi connectivity index (χ1) is 19.6. The van der Waals surface area contributed by atoms with Gasteiger partial charge in [0.1, 0.15) is 24.4 Å². The molecule has 10 nitrogen and oxygen atoms in total. The highest BCUT2D eigenvalue weighted by Gasteiger charge is 2.30. The molecule has 1 atom stereocenters. The van der Waals surface area contributed by atoms with Crippen LogP contribution in [0.5, 0.6) is 0 Å². The second-order valence-corrected chi connectivity index (χ2v) is 10.3. The zero-order valence-corrected chi connectivity index (χ0v) is 22.8. The van der Waals surface area contributed by atoms with E-state index in [1.165, 1.54) is 12.3 Å². The number of pyridine rings is 1. The highest BCUT2D eigenvalue weighted by Crippen LogP contribution is 2.37. The molecule has 0 spiro atoms. The Morgan fingerprint density at radius 2 is 1.78 bits per heavy atom. The van der Waals surface area contributed by atoms with E-state index in [2.05, 4.69) is 4.90 Å². The maximum atomic E-state index is 14.3. The van der Waals surface area contributed by atoms with E-state index in [9.17, 15) is 23.9 Å². The number of hydrogen-bond acceptors (Lipinski definition) is 7. The number of carboxylic acid groups (broad SMARTS) is 2. The fourth-order valence-electron chi connectivity index (χ4n) is 5.59. The summed E-state index contributed by atoms with van der Waals surface area (Å²) in [5.74, 6) is -2.54. The van der Waals surface area contributed by atoms with Gasteiger partial charge in [0.05, 0.1) is 5.52 Å². The van der Waals surface area contributed by atoms with Gasteiger partial charge in [0, 0.05) is 67.8 Å². The number of nitrogens with zero attached hydrogens (tertiary/aromatic N) is 2. The Labute approximate surface area is 236 Å². The molecule has 2 aliphatic heterocycles. The number of anilines is 1. The Kier molecular flexibility index (Phi) is 9.38. The summed E-state index contributed by atoms with van der Waals surface area (Å²) in [5, 5.41) is 17.1. The zero-order valence-electron chi connectivity index (χ0n) is 22.8. The minimum atomic E-state index is -1.28. The first-order valence-corrected chi connectivity index (χ1v) is 13.6. The summed E-state index contributed by atoms with van der Waals surface area (Å²) in [6.45, 7) is 2.04. The van der Waals surface area contributed by atoms with Gasteiger partial charge in [-0.3, -0.25) is 14.4 Å². The minimum absolute atomic E-state index is 0.252. The van der Waals surface area contributed by atoms with E-state index in [1.54, 1.807) is 0 Å². The SMILES string of the molecule is CC(=O)O.N[C@H](Cc1ccccc1)C(=O)OC1CCN(c2c(CF)cc3c(=O)c(C(=O)O)cn4c3c2CCC4)CC1. The summed E-state index contributed by atoms with van der Waals surface area (Å²) < 4.78 is 21.8. The number of carbonyl (C=O) groups is 3. The molecule has 0 amide bonds. The van der Waals surface area contributed by atoms with Gasteiger partial charge in [-0.15, -0.1) is 0 Å².